The van der Waals surface area contributed by atoms with Crippen LogP contribution < -0.4 is 0 Å². The molecule has 126 valence electrons. The second-order valence-electron chi connectivity index (χ2n) is 5.97. The number of unbranched alkanes of at least 4 members (excludes halogenated alkanes) is 10. The number of ether oxygens (including phenoxy) is 2. The summed E-state index contributed by atoms with van der Waals surface area (Å²) in [7, 11) is 0. The van der Waals surface area contributed by atoms with Crippen molar-refractivity contribution in [1.82, 2.24) is 0 Å². The minimum Gasteiger partial charge on any atom is -0.434 e. The van der Waals surface area contributed by atoms with Gasteiger partial charge in [0.05, 0.1) is 6.61 Å². The molecule has 0 bridgehead atoms. The predicted molar refractivity (Wildman–Crippen MR) is 88.6 cm³/mol. The van der Waals surface area contributed by atoms with Gasteiger partial charge in [0, 0.05) is 0 Å². The number of carbonyl (C=O) groups excluding carboxylic acids is 1. The van der Waals surface area contributed by atoms with Crippen LogP contribution in [-0.2, 0) is 9.47 Å². The molecule has 1 unspecified atom stereocenters. The fraction of sp³-hybridized carbons (Fsp3) is 0.944. The molecule has 0 fully saturated rings. The molecule has 0 spiro atoms. The number of rotatable bonds is 14. The summed E-state index contributed by atoms with van der Waals surface area (Å²) in [5.41, 5.74) is 0. The molecule has 0 aliphatic heterocycles. The van der Waals surface area contributed by atoms with Crippen molar-refractivity contribution in [1.29, 1.82) is 0 Å². The normalized spacial score (nSPS) is 12.1. The molecule has 0 rings (SSSR count). The van der Waals surface area contributed by atoms with Crippen LogP contribution >= 0.6 is 0 Å². The lowest BCUT2D eigenvalue weighted by Crippen LogP contribution is -2.15. The van der Waals surface area contributed by atoms with Crippen LogP contribution in [0.25, 0.3) is 0 Å². The molecule has 0 heterocycles. The van der Waals surface area contributed by atoms with E-state index in [1.54, 1.807) is 0 Å². The summed E-state index contributed by atoms with van der Waals surface area (Å²) in [6.45, 7) is 6.62. The molecule has 0 saturated carbocycles. The average molecular weight is 300 g/mol. The van der Waals surface area contributed by atoms with E-state index in [4.69, 9.17) is 9.47 Å². The van der Waals surface area contributed by atoms with E-state index in [0.717, 1.165) is 19.3 Å². The molecule has 0 aromatic rings. The summed E-state index contributed by atoms with van der Waals surface area (Å²) in [6.07, 6.45) is 14.6. The molecule has 3 nitrogen and oxygen atoms in total. The number of carbonyl (C=O) groups is 1. The molecule has 21 heavy (non-hydrogen) atoms. The first-order chi connectivity index (χ1) is 10.2. The lowest BCUT2D eigenvalue weighted by molar-refractivity contribution is 0.0272. The standard InChI is InChI=1S/C18H36O3/c1-4-6-7-8-9-10-11-12-13-14-15-16-20-18(19)21-17(3)5-2/h17H,4-16H2,1-3H3. The molecule has 0 radical (unpaired) electrons. The van der Waals surface area contributed by atoms with E-state index < -0.39 is 6.16 Å². The topological polar surface area (TPSA) is 35.5 Å². The van der Waals surface area contributed by atoms with Crippen LogP contribution in [0.1, 0.15) is 97.8 Å². The van der Waals surface area contributed by atoms with Crippen molar-refractivity contribution >= 4 is 6.16 Å². The fourth-order valence-electron chi connectivity index (χ4n) is 2.20. The minimum atomic E-state index is -0.517. The van der Waals surface area contributed by atoms with Crippen molar-refractivity contribution in [2.24, 2.45) is 0 Å². The molecule has 0 aliphatic rings. The third-order valence-electron chi connectivity index (χ3n) is 3.84. The smallest absolute Gasteiger partial charge is 0.434 e. The summed E-state index contributed by atoms with van der Waals surface area (Å²) < 4.78 is 10.1. The van der Waals surface area contributed by atoms with Gasteiger partial charge in [-0.1, -0.05) is 78.1 Å². The molecule has 0 aliphatic carbocycles. The highest BCUT2D eigenvalue weighted by molar-refractivity contribution is 5.59. The van der Waals surface area contributed by atoms with E-state index in [1.165, 1.54) is 57.8 Å². The molecule has 3 heteroatoms. The van der Waals surface area contributed by atoms with E-state index in [2.05, 4.69) is 6.92 Å². The number of hydrogen-bond acceptors (Lipinski definition) is 3. The molecule has 0 saturated heterocycles. The van der Waals surface area contributed by atoms with Crippen molar-refractivity contribution < 1.29 is 14.3 Å². The van der Waals surface area contributed by atoms with Gasteiger partial charge < -0.3 is 9.47 Å². The van der Waals surface area contributed by atoms with Gasteiger partial charge in [-0.2, -0.15) is 0 Å². The van der Waals surface area contributed by atoms with Gasteiger partial charge in [0.25, 0.3) is 0 Å². The zero-order valence-corrected chi connectivity index (χ0v) is 14.5. The van der Waals surface area contributed by atoms with Gasteiger partial charge in [-0.15, -0.1) is 0 Å². The van der Waals surface area contributed by atoms with Gasteiger partial charge in [0.2, 0.25) is 0 Å². The lowest BCUT2D eigenvalue weighted by Gasteiger charge is -2.10. The van der Waals surface area contributed by atoms with Crippen molar-refractivity contribution in [3.8, 4) is 0 Å². The predicted octanol–water partition coefficient (Wildman–Crippen LogP) is 6.25. The second-order valence-corrected chi connectivity index (χ2v) is 5.97. The third-order valence-corrected chi connectivity index (χ3v) is 3.84. The summed E-state index contributed by atoms with van der Waals surface area (Å²) >= 11 is 0. The molecule has 0 amide bonds. The Labute approximate surface area is 131 Å². The Hall–Kier alpha value is -0.730. The first kappa shape index (κ1) is 20.3. The summed E-state index contributed by atoms with van der Waals surface area (Å²) in [6, 6.07) is 0. The Morgan fingerprint density at radius 2 is 1.29 bits per heavy atom. The Morgan fingerprint density at radius 1 is 0.810 bits per heavy atom. The molecule has 1 atom stereocenters. The van der Waals surface area contributed by atoms with E-state index in [1.807, 2.05) is 13.8 Å². The van der Waals surface area contributed by atoms with Crippen LogP contribution in [0.2, 0.25) is 0 Å². The Morgan fingerprint density at radius 3 is 1.76 bits per heavy atom. The highest BCUT2D eigenvalue weighted by Gasteiger charge is 2.07. The largest absolute Gasteiger partial charge is 0.508 e. The molecular weight excluding hydrogens is 264 g/mol. The maximum Gasteiger partial charge on any atom is 0.508 e. The SMILES string of the molecule is CCCCCCCCCCCCCOC(=O)OC(C)CC. The average Bonchev–Trinajstić information content (AvgIpc) is 2.48. The summed E-state index contributed by atoms with van der Waals surface area (Å²) in [4.78, 5) is 11.3. The monoisotopic (exact) mass is 300 g/mol. The van der Waals surface area contributed by atoms with Crippen LogP contribution in [0.15, 0.2) is 0 Å². The minimum absolute atomic E-state index is 0.0465. The Kier molecular flexibility index (Phi) is 15.1. The van der Waals surface area contributed by atoms with Crippen LogP contribution in [0, 0.1) is 0 Å². The van der Waals surface area contributed by atoms with E-state index in [9.17, 15) is 4.79 Å². The zero-order chi connectivity index (χ0) is 15.8. The first-order valence-corrected chi connectivity index (χ1v) is 9.04. The van der Waals surface area contributed by atoms with E-state index in [-0.39, 0.29) is 6.10 Å². The zero-order valence-electron chi connectivity index (χ0n) is 14.5. The summed E-state index contributed by atoms with van der Waals surface area (Å²) in [5.74, 6) is 0. The van der Waals surface area contributed by atoms with Gasteiger partial charge in [-0.3, -0.25) is 0 Å². The fourth-order valence-corrected chi connectivity index (χ4v) is 2.20. The van der Waals surface area contributed by atoms with E-state index in [0.29, 0.717) is 6.61 Å². The maximum absolute atomic E-state index is 11.3. The van der Waals surface area contributed by atoms with Gasteiger partial charge >= 0.3 is 6.16 Å². The molecule has 0 aromatic heterocycles. The van der Waals surface area contributed by atoms with Crippen molar-refractivity contribution in [3.05, 3.63) is 0 Å². The van der Waals surface area contributed by atoms with E-state index >= 15 is 0 Å². The van der Waals surface area contributed by atoms with Crippen LogP contribution in [0.3, 0.4) is 0 Å². The maximum atomic E-state index is 11.3. The van der Waals surface area contributed by atoms with Crippen LogP contribution in [-0.4, -0.2) is 18.9 Å². The van der Waals surface area contributed by atoms with Gasteiger partial charge in [-0.05, 0) is 19.8 Å². The van der Waals surface area contributed by atoms with Gasteiger partial charge in [0.15, 0.2) is 0 Å². The quantitative estimate of drug-likeness (QED) is 0.281. The Balaban J connectivity index is 3.13. The second kappa shape index (κ2) is 15.7. The van der Waals surface area contributed by atoms with Gasteiger partial charge in [-0.25, -0.2) is 4.79 Å². The van der Waals surface area contributed by atoms with Crippen LogP contribution in [0.4, 0.5) is 4.79 Å². The lowest BCUT2D eigenvalue weighted by atomic mass is 10.1. The molecular formula is C18H36O3. The van der Waals surface area contributed by atoms with Gasteiger partial charge in [0.1, 0.15) is 6.10 Å². The van der Waals surface area contributed by atoms with Crippen LogP contribution in [0.5, 0.6) is 0 Å². The number of hydrogen-bond donors (Lipinski definition) is 0. The molecule has 0 N–H and O–H groups in total. The molecule has 0 aromatic carbocycles. The Bertz CT molecular complexity index is 229. The first-order valence-electron chi connectivity index (χ1n) is 9.04. The van der Waals surface area contributed by atoms with Crippen molar-refractivity contribution in [2.75, 3.05) is 6.61 Å². The van der Waals surface area contributed by atoms with Crippen molar-refractivity contribution in [3.63, 3.8) is 0 Å². The van der Waals surface area contributed by atoms with Crippen molar-refractivity contribution in [2.45, 2.75) is 104 Å². The third kappa shape index (κ3) is 15.5. The summed E-state index contributed by atoms with van der Waals surface area (Å²) in [5, 5.41) is 0. The highest BCUT2D eigenvalue weighted by atomic mass is 16.7. The highest BCUT2D eigenvalue weighted by Crippen LogP contribution is 2.11.